The largest absolute Gasteiger partial charge is 0.481 e. The van der Waals surface area contributed by atoms with E-state index in [4.69, 9.17) is 0 Å². The van der Waals surface area contributed by atoms with Crippen LogP contribution < -0.4 is 5.32 Å². The Hall–Kier alpha value is -1.10. The van der Waals surface area contributed by atoms with Crippen molar-refractivity contribution in [3.8, 4) is 0 Å². The molecule has 3 atom stereocenters. The van der Waals surface area contributed by atoms with E-state index in [-0.39, 0.29) is 17.9 Å². The van der Waals surface area contributed by atoms with Crippen molar-refractivity contribution < 1.29 is 14.7 Å². The van der Waals surface area contributed by atoms with Crippen molar-refractivity contribution in [2.45, 2.75) is 45.6 Å². The number of aliphatic carboxylic acids is 1. The Balaban J connectivity index is 1.91. The number of hydrogen-bond donors (Lipinski definition) is 2. The number of fused-ring (bicyclic) bond motifs is 1. The molecule has 5 heteroatoms. The SMILES string of the molecule is CCC(C)NC(=O)CN1C[C@@H]2CCC[C@@]2(C(=O)O)C1. The Bertz CT molecular complexity index is 372. The normalized spacial score (nSPS) is 32.0. The summed E-state index contributed by atoms with van der Waals surface area (Å²) in [6.07, 6.45) is 3.66. The number of rotatable bonds is 5. The zero-order valence-corrected chi connectivity index (χ0v) is 11.8. The predicted molar refractivity (Wildman–Crippen MR) is 71.7 cm³/mol. The molecule has 1 amide bonds. The van der Waals surface area contributed by atoms with Gasteiger partial charge in [-0.25, -0.2) is 0 Å². The predicted octanol–water partition coefficient (Wildman–Crippen LogP) is 1.09. The maximum atomic E-state index is 11.9. The second kappa shape index (κ2) is 5.49. The minimum atomic E-state index is -0.681. The molecular weight excluding hydrogens is 244 g/mol. The van der Waals surface area contributed by atoms with Crippen LogP contribution >= 0.6 is 0 Å². The third-order valence-electron chi connectivity index (χ3n) is 4.75. The molecule has 0 aromatic carbocycles. The maximum absolute atomic E-state index is 11.9. The van der Waals surface area contributed by atoms with Gasteiger partial charge in [-0.05, 0) is 32.1 Å². The molecule has 2 rings (SSSR count). The quantitative estimate of drug-likeness (QED) is 0.783. The molecule has 2 aliphatic rings. The summed E-state index contributed by atoms with van der Waals surface area (Å²) < 4.78 is 0. The zero-order valence-electron chi connectivity index (χ0n) is 11.8. The highest BCUT2D eigenvalue weighted by atomic mass is 16.4. The first-order valence-corrected chi connectivity index (χ1v) is 7.23. The number of amides is 1. The lowest BCUT2D eigenvalue weighted by Gasteiger charge is -2.23. The van der Waals surface area contributed by atoms with Gasteiger partial charge in [0, 0.05) is 19.1 Å². The van der Waals surface area contributed by atoms with E-state index >= 15 is 0 Å². The van der Waals surface area contributed by atoms with Crippen molar-refractivity contribution in [3.63, 3.8) is 0 Å². The average Bonchev–Trinajstić information content (AvgIpc) is 2.85. The molecule has 5 nitrogen and oxygen atoms in total. The molecule has 1 heterocycles. The first kappa shape index (κ1) is 14.3. The summed E-state index contributed by atoms with van der Waals surface area (Å²) in [4.78, 5) is 25.4. The Labute approximate surface area is 114 Å². The van der Waals surface area contributed by atoms with Crippen LogP contribution in [0.4, 0.5) is 0 Å². The average molecular weight is 268 g/mol. The van der Waals surface area contributed by atoms with Gasteiger partial charge in [-0.2, -0.15) is 0 Å². The lowest BCUT2D eigenvalue weighted by molar-refractivity contribution is -0.149. The fourth-order valence-electron chi connectivity index (χ4n) is 3.49. The number of carbonyl (C=O) groups excluding carboxylic acids is 1. The lowest BCUT2D eigenvalue weighted by Crippen LogP contribution is -2.41. The van der Waals surface area contributed by atoms with Crippen LogP contribution in [0.1, 0.15) is 39.5 Å². The monoisotopic (exact) mass is 268 g/mol. The third kappa shape index (κ3) is 2.76. The van der Waals surface area contributed by atoms with E-state index in [0.29, 0.717) is 13.1 Å². The van der Waals surface area contributed by atoms with Crippen LogP contribution in [0.2, 0.25) is 0 Å². The van der Waals surface area contributed by atoms with Crippen LogP contribution in [-0.2, 0) is 9.59 Å². The van der Waals surface area contributed by atoms with Crippen molar-refractivity contribution in [2.75, 3.05) is 19.6 Å². The van der Waals surface area contributed by atoms with Gasteiger partial charge in [-0.3, -0.25) is 14.5 Å². The Kier molecular flexibility index (Phi) is 4.13. The van der Waals surface area contributed by atoms with E-state index in [2.05, 4.69) is 5.32 Å². The number of likely N-dealkylation sites (tertiary alicyclic amines) is 1. The summed E-state index contributed by atoms with van der Waals surface area (Å²) in [6, 6.07) is 0.183. The fraction of sp³-hybridized carbons (Fsp3) is 0.857. The Morgan fingerprint density at radius 3 is 2.84 bits per heavy atom. The smallest absolute Gasteiger partial charge is 0.311 e. The molecule has 1 aliphatic carbocycles. The van der Waals surface area contributed by atoms with Gasteiger partial charge < -0.3 is 10.4 Å². The second-order valence-electron chi connectivity index (χ2n) is 6.10. The molecule has 2 N–H and O–H groups in total. The van der Waals surface area contributed by atoms with E-state index in [1.807, 2.05) is 18.7 Å². The van der Waals surface area contributed by atoms with Gasteiger partial charge in [0.15, 0.2) is 0 Å². The molecular formula is C14H24N2O3. The first-order valence-electron chi connectivity index (χ1n) is 7.23. The van der Waals surface area contributed by atoms with Gasteiger partial charge in [0.2, 0.25) is 5.91 Å². The van der Waals surface area contributed by atoms with E-state index in [0.717, 1.165) is 32.2 Å². The molecule has 0 radical (unpaired) electrons. The summed E-state index contributed by atoms with van der Waals surface area (Å²) in [5.74, 6) is -0.448. The van der Waals surface area contributed by atoms with Gasteiger partial charge in [0.25, 0.3) is 0 Å². The summed E-state index contributed by atoms with van der Waals surface area (Å²) >= 11 is 0. The van der Waals surface area contributed by atoms with Gasteiger partial charge in [-0.15, -0.1) is 0 Å². The third-order valence-corrected chi connectivity index (χ3v) is 4.75. The van der Waals surface area contributed by atoms with Crippen molar-refractivity contribution >= 4 is 11.9 Å². The topological polar surface area (TPSA) is 69.6 Å². The molecule has 1 aliphatic heterocycles. The molecule has 0 bridgehead atoms. The van der Waals surface area contributed by atoms with E-state index in [1.54, 1.807) is 0 Å². The molecule has 1 unspecified atom stereocenters. The first-order chi connectivity index (χ1) is 8.98. The van der Waals surface area contributed by atoms with Crippen LogP contribution in [0.3, 0.4) is 0 Å². The van der Waals surface area contributed by atoms with E-state index < -0.39 is 11.4 Å². The van der Waals surface area contributed by atoms with Gasteiger partial charge in [0.1, 0.15) is 0 Å². The standard InChI is InChI=1S/C14H24N2O3/c1-3-10(2)15-12(17)8-16-7-11-5-4-6-14(11,9-16)13(18)19/h10-11H,3-9H2,1-2H3,(H,15,17)(H,18,19)/t10?,11-,14+/m0/s1. The Morgan fingerprint density at radius 1 is 1.53 bits per heavy atom. The molecule has 108 valence electrons. The number of nitrogens with one attached hydrogen (secondary N) is 1. The van der Waals surface area contributed by atoms with Crippen LogP contribution in [-0.4, -0.2) is 47.6 Å². The summed E-state index contributed by atoms with van der Waals surface area (Å²) in [7, 11) is 0. The van der Waals surface area contributed by atoms with Crippen LogP contribution in [0, 0.1) is 11.3 Å². The minimum absolute atomic E-state index is 0.00913. The molecule has 1 saturated carbocycles. The number of carboxylic acid groups (broad SMARTS) is 1. The molecule has 1 saturated heterocycles. The zero-order chi connectivity index (χ0) is 14.0. The van der Waals surface area contributed by atoms with Gasteiger partial charge in [0.05, 0.1) is 12.0 Å². The fourth-order valence-corrected chi connectivity index (χ4v) is 3.49. The maximum Gasteiger partial charge on any atom is 0.311 e. The number of carbonyl (C=O) groups is 2. The van der Waals surface area contributed by atoms with E-state index in [9.17, 15) is 14.7 Å². The number of nitrogens with zero attached hydrogens (tertiary/aromatic N) is 1. The van der Waals surface area contributed by atoms with Crippen molar-refractivity contribution in [2.24, 2.45) is 11.3 Å². The highest BCUT2D eigenvalue weighted by Gasteiger charge is 2.54. The highest BCUT2D eigenvalue weighted by Crippen LogP contribution is 2.48. The van der Waals surface area contributed by atoms with Crippen molar-refractivity contribution in [3.05, 3.63) is 0 Å². The molecule has 0 aromatic rings. The molecule has 0 spiro atoms. The number of hydrogen-bond acceptors (Lipinski definition) is 3. The van der Waals surface area contributed by atoms with Crippen molar-refractivity contribution in [1.82, 2.24) is 10.2 Å². The lowest BCUT2D eigenvalue weighted by atomic mass is 9.81. The summed E-state index contributed by atoms with van der Waals surface area (Å²) in [5.41, 5.74) is -0.587. The molecule has 19 heavy (non-hydrogen) atoms. The van der Waals surface area contributed by atoms with Crippen LogP contribution in [0.5, 0.6) is 0 Å². The van der Waals surface area contributed by atoms with Gasteiger partial charge in [-0.1, -0.05) is 13.3 Å². The molecule has 2 fully saturated rings. The molecule has 0 aromatic heterocycles. The van der Waals surface area contributed by atoms with Crippen LogP contribution in [0.25, 0.3) is 0 Å². The number of carboxylic acids is 1. The van der Waals surface area contributed by atoms with E-state index in [1.165, 1.54) is 0 Å². The van der Waals surface area contributed by atoms with Gasteiger partial charge >= 0.3 is 5.97 Å². The summed E-state index contributed by atoms with van der Waals surface area (Å²) in [6.45, 7) is 5.62. The summed E-state index contributed by atoms with van der Waals surface area (Å²) in [5, 5.41) is 12.4. The highest BCUT2D eigenvalue weighted by molar-refractivity contribution is 5.79. The minimum Gasteiger partial charge on any atom is -0.481 e. The van der Waals surface area contributed by atoms with Crippen LogP contribution in [0.15, 0.2) is 0 Å². The van der Waals surface area contributed by atoms with Crippen molar-refractivity contribution in [1.29, 1.82) is 0 Å². The second-order valence-corrected chi connectivity index (χ2v) is 6.10. The Morgan fingerprint density at radius 2 is 2.26 bits per heavy atom.